The molecule has 3 aromatic heterocycles. The van der Waals surface area contributed by atoms with E-state index in [-0.39, 0.29) is 17.4 Å². The summed E-state index contributed by atoms with van der Waals surface area (Å²) in [6, 6.07) is 8.34. The summed E-state index contributed by atoms with van der Waals surface area (Å²) in [4.78, 5) is 41.4. The van der Waals surface area contributed by atoms with Crippen LogP contribution in [0.1, 0.15) is 4.88 Å². The van der Waals surface area contributed by atoms with Crippen LogP contribution in [0.2, 0.25) is 5.02 Å². The van der Waals surface area contributed by atoms with E-state index in [1.807, 2.05) is 17.5 Å². The quantitative estimate of drug-likeness (QED) is 0.390. The fraction of sp³-hybridized carbons (Fsp3) is 0.0556. The number of halogens is 1. The van der Waals surface area contributed by atoms with Gasteiger partial charge in [0.2, 0.25) is 5.43 Å². The number of fused-ring (bicyclic) bond motifs is 2. The highest BCUT2D eigenvalue weighted by Gasteiger charge is 2.14. The van der Waals surface area contributed by atoms with E-state index in [1.54, 1.807) is 6.07 Å². The second-order valence-electron chi connectivity index (χ2n) is 5.51. The van der Waals surface area contributed by atoms with Gasteiger partial charge in [-0.3, -0.25) is 19.5 Å². The van der Waals surface area contributed by atoms with Gasteiger partial charge in [-0.2, -0.15) is 0 Å². The van der Waals surface area contributed by atoms with Crippen molar-refractivity contribution in [2.24, 2.45) is 0 Å². The molecule has 0 atom stereocenters. The highest BCUT2D eigenvalue weighted by molar-refractivity contribution is 7.10. The van der Waals surface area contributed by atoms with Crippen LogP contribution in [0.3, 0.4) is 0 Å². The first-order valence-electron chi connectivity index (χ1n) is 7.55. The van der Waals surface area contributed by atoms with Crippen molar-refractivity contribution >= 4 is 44.7 Å². The van der Waals surface area contributed by atoms with E-state index in [1.165, 1.54) is 23.5 Å². The number of benzene rings is 1. The van der Waals surface area contributed by atoms with Crippen molar-refractivity contribution in [3.8, 4) is 11.8 Å². The van der Waals surface area contributed by atoms with Gasteiger partial charge in [0.05, 0.1) is 10.4 Å². The molecule has 0 unspecified atom stereocenters. The van der Waals surface area contributed by atoms with Gasteiger partial charge in [-0.1, -0.05) is 29.5 Å². The van der Waals surface area contributed by atoms with E-state index in [0.29, 0.717) is 15.9 Å². The second-order valence-corrected chi connectivity index (χ2v) is 6.89. The summed E-state index contributed by atoms with van der Waals surface area (Å²) in [5.41, 5.74) is -1.36. The number of rotatable bonds is 1. The SMILES string of the molecule is O=c1[nH]n(CC#Cc2cccs2)c(=O)c2c(=O)c3ccc(Cl)cc3[nH]c12. The second kappa shape index (κ2) is 6.33. The van der Waals surface area contributed by atoms with Crippen molar-refractivity contribution in [1.82, 2.24) is 14.8 Å². The molecule has 26 heavy (non-hydrogen) atoms. The van der Waals surface area contributed by atoms with Gasteiger partial charge in [0, 0.05) is 10.4 Å². The number of nitrogens with one attached hydrogen (secondary N) is 2. The van der Waals surface area contributed by atoms with E-state index >= 15 is 0 Å². The Kier molecular flexibility index (Phi) is 3.99. The molecule has 4 rings (SSSR count). The molecule has 3 heterocycles. The minimum atomic E-state index is -0.599. The molecule has 0 aliphatic heterocycles. The first-order valence-corrected chi connectivity index (χ1v) is 8.81. The Morgan fingerprint density at radius 1 is 1.19 bits per heavy atom. The molecule has 8 heteroatoms. The molecule has 0 fully saturated rings. The van der Waals surface area contributed by atoms with Gasteiger partial charge in [-0.25, -0.2) is 4.68 Å². The smallest absolute Gasteiger partial charge is 0.287 e. The summed E-state index contributed by atoms with van der Waals surface area (Å²) in [5, 5.41) is 4.86. The molecule has 1 aromatic carbocycles. The highest BCUT2D eigenvalue weighted by atomic mass is 35.5. The number of aromatic amines is 2. The van der Waals surface area contributed by atoms with Crippen molar-refractivity contribution in [2.45, 2.75) is 6.54 Å². The van der Waals surface area contributed by atoms with E-state index < -0.39 is 16.5 Å². The number of nitrogens with zero attached hydrogens (tertiary/aromatic N) is 1. The molecule has 0 saturated heterocycles. The van der Waals surface area contributed by atoms with Crippen molar-refractivity contribution in [3.63, 3.8) is 0 Å². The maximum atomic E-state index is 12.7. The molecule has 0 amide bonds. The fourth-order valence-electron chi connectivity index (χ4n) is 2.67. The van der Waals surface area contributed by atoms with Gasteiger partial charge < -0.3 is 4.98 Å². The summed E-state index contributed by atoms with van der Waals surface area (Å²) in [5.74, 6) is 5.73. The van der Waals surface area contributed by atoms with Crippen molar-refractivity contribution in [1.29, 1.82) is 0 Å². The predicted molar refractivity (Wildman–Crippen MR) is 103 cm³/mol. The molecular formula is C18H10ClN3O3S. The third-order valence-electron chi connectivity index (χ3n) is 3.86. The Labute approximate surface area is 154 Å². The first-order chi connectivity index (χ1) is 12.5. The van der Waals surface area contributed by atoms with Crippen LogP contribution < -0.4 is 16.5 Å². The highest BCUT2D eigenvalue weighted by Crippen LogP contribution is 2.16. The summed E-state index contributed by atoms with van der Waals surface area (Å²) in [6.07, 6.45) is 0. The first kappa shape index (κ1) is 16.4. The van der Waals surface area contributed by atoms with Gasteiger partial charge in [-0.05, 0) is 29.6 Å². The number of thiophene rings is 1. The van der Waals surface area contributed by atoms with Gasteiger partial charge in [-0.15, -0.1) is 11.3 Å². The minimum Gasteiger partial charge on any atom is -0.350 e. The molecule has 0 saturated carbocycles. The van der Waals surface area contributed by atoms with Crippen LogP contribution in [0.4, 0.5) is 0 Å². The summed E-state index contributed by atoms with van der Waals surface area (Å²) < 4.78 is 1.04. The average molecular weight is 384 g/mol. The van der Waals surface area contributed by atoms with E-state index in [9.17, 15) is 14.4 Å². The molecule has 0 spiro atoms. The molecule has 6 nitrogen and oxygen atoms in total. The Hall–Kier alpha value is -3.08. The van der Waals surface area contributed by atoms with Gasteiger partial charge in [0.1, 0.15) is 17.4 Å². The molecule has 0 aliphatic carbocycles. The Morgan fingerprint density at radius 2 is 2.04 bits per heavy atom. The predicted octanol–water partition coefficient (Wildman–Crippen LogP) is 2.30. The third kappa shape index (κ3) is 2.75. The summed E-state index contributed by atoms with van der Waals surface area (Å²) in [6.45, 7) is -0.0278. The number of hydrogen-bond donors (Lipinski definition) is 2. The van der Waals surface area contributed by atoms with Crippen molar-refractivity contribution < 1.29 is 0 Å². The lowest BCUT2D eigenvalue weighted by Gasteiger charge is -2.05. The topological polar surface area (TPSA) is 87.7 Å². The van der Waals surface area contributed by atoms with Gasteiger partial charge in [0.25, 0.3) is 11.1 Å². The van der Waals surface area contributed by atoms with E-state index in [4.69, 9.17) is 11.6 Å². The largest absolute Gasteiger partial charge is 0.350 e. The monoisotopic (exact) mass is 383 g/mol. The van der Waals surface area contributed by atoms with E-state index in [0.717, 1.165) is 9.56 Å². The van der Waals surface area contributed by atoms with Crippen LogP contribution in [0.25, 0.3) is 21.8 Å². The zero-order chi connectivity index (χ0) is 18.3. The van der Waals surface area contributed by atoms with Gasteiger partial charge >= 0.3 is 0 Å². The van der Waals surface area contributed by atoms with Crippen LogP contribution >= 0.6 is 22.9 Å². The van der Waals surface area contributed by atoms with E-state index in [2.05, 4.69) is 21.9 Å². The van der Waals surface area contributed by atoms with Crippen LogP contribution in [-0.2, 0) is 6.54 Å². The third-order valence-corrected chi connectivity index (χ3v) is 4.88. The number of pyridine rings is 1. The van der Waals surface area contributed by atoms with Crippen molar-refractivity contribution in [3.05, 3.63) is 76.5 Å². The lowest BCUT2D eigenvalue weighted by molar-refractivity contribution is 0.659. The molecule has 0 bridgehead atoms. The Balaban J connectivity index is 1.93. The Bertz CT molecular complexity index is 1390. The van der Waals surface area contributed by atoms with Crippen LogP contribution in [0, 0.1) is 11.8 Å². The fourth-order valence-corrected chi connectivity index (χ4v) is 3.43. The van der Waals surface area contributed by atoms with Crippen LogP contribution in [0.5, 0.6) is 0 Å². The molecule has 128 valence electrons. The summed E-state index contributed by atoms with van der Waals surface area (Å²) in [7, 11) is 0. The molecule has 2 N–H and O–H groups in total. The normalized spacial score (nSPS) is 10.8. The Morgan fingerprint density at radius 3 is 2.81 bits per heavy atom. The number of aromatic nitrogens is 3. The van der Waals surface area contributed by atoms with Crippen LogP contribution in [-0.4, -0.2) is 14.8 Å². The molecule has 0 aliphatic rings. The standard InChI is InChI=1S/C18H10ClN3O3S/c19-10-5-6-12-13(9-10)20-15-14(16(12)23)18(25)22(21-17(15)24)7-1-3-11-4-2-8-26-11/h2,4-6,8-9H,7H2,(H,20,23)(H,21,24). The van der Waals surface area contributed by atoms with Crippen molar-refractivity contribution in [2.75, 3.05) is 0 Å². The van der Waals surface area contributed by atoms with Crippen LogP contribution in [0.15, 0.2) is 50.1 Å². The zero-order valence-corrected chi connectivity index (χ0v) is 14.7. The number of hydrogen-bond acceptors (Lipinski definition) is 4. The molecule has 4 aromatic rings. The zero-order valence-electron chi connectivity index (χ0n) is 13.1. The maximum absolute atomic E-state index is 12.7. The lowest BCUT2D eigenvalue weighted by Crippen LogP contribution is -2.33. The van der Waals surface area contributed by atoms with Gasteiger partial charge in [0.15, 0.2) is 0 Å². The summed E-state index contributed by atoms with van der Waals surface area (Å²) >= 11 is 7.40. The minimum absolute atomic E-state index is 0.0278. The average Bonchev–Trinajstić information content (AvgIpc) is 3.12. The molecular weight excluding hydrogens is 374 g/mol. The maximum Gasteiger partial charge on any atom is 0.287 e. The number of H-pyrrole nitrogens is 2. The molecule has 0 radical (unpaired) electrons. The lowest BCUT2D eigenvalue weighted by atomic mass is 10.1.